The van der Waals surface area contributed by atoms with Crippen molar-refractivity contribution >= 4 is 74.1 Å². The fourth-order valence-corrected chi connectivity index (χ4v) is 4.42. The highest BCUT2D eigenvalue weighted by Gasteiger charge is 2.36. The van der Waals surface area contributed by atoms with Crippen LogP contribution in [0.4, 0.5) is 4.79 Å². The number of hydrogen-bond donors (Lipinski definition) is 0. The summed E-state index contributed by atoms with van der Waals surface area (Å²) in [6.45, 7) is 1.61. The molecule has 174 valence electrons. The van der Waals surface area contributed by atoms with Crippen LogP contribution in [0.1, 0.15) is 18.1 Å². The van der Waals surface area contributed by atoms with Gasteiger partial charge in [0.1, 0.15) is 13.2 Å². The minimum absolute atomic E-state index is 0.164. The van der Waals surface area contributed by atoms with Crippen molar-refractivity contribution in [1.29, 1.82) is 0 Å². The molecule has 2 aromatic rings. The van der Waals surface area contributed by atoms with Crippen molar-refractivity contribution in [3.8, 4) is 11.5 Å². The molecule has 33 heavy (non-hydrogen) atoms. The summed E-state index contributed by atoms with van der Waals surface area (Å²) in [4.78, 5) is 37.5. The lowest BCUT2D eigenvalue weighted by molar-refractivity contribution is -0.145. The highest BCUT2D eigenvalue weighted by atomic mass is 79.9. The first kappa shape index (κ1) is 25.4. The topological polar surface area (TPSA) is 82.1 Å². The van der Waals surface area contributed by atoms with Gasteiger partial charge in [-0.2, -0.15) is 0 Å². The zero-order valence-electron chi connectivity index (χ0n) is 17.5. The number of benzene rings is 2. The molecule has 1 fully saturated rings. The Hall–Kier alpha value is -2.20. The van der Waals surface area contributed by atoms with Gasteiger partial charge in [0.25, 0.3) is 11.1 Å². The maximum absolute atomic E-state index is 12.6. The maximum Gasteiger partial charge on any atom is 0.326 e. The average molecular weight is 575 g/mol. The van der Waals surface area contributed by atoms with Crippen LogP contribution in [0.25, 0.3) is 6.08 Å². The van der Waals surface area contributed by atoms with Crippen molar-refractivity contribution in [2.45, 2.75) is 13.5 Å². The van der Waals surface area contributed by atoms with Gasteiger partial charge in [0.05, 0.1) is 28.7 Å². The monoisotopic (exact) mass is 573 g/mol. The van der Waals surface area contributed by atoms with Crippen molar-refractivity contribution in [2.24, 2.45) is 0 Å². The molecule has 0 saturated carbocycles. The summed E-state index contributed by atoms with van der Waals surface area (Å²) in [5, 5.41) is 0.346. The van der Waals surface area contributed by atoms with Gasteiger partial charge in [0.2, 0.25) is 0 Å². The molecule has 7 nitrogen and oxygen atoms in total. The van der Waals surface area contributed by atoms with Crippen molar-refractivity contribution in [2.75, 3.05) is 20.3 Å². The van der Waals surface area contributed by atoms with E-state index in [2.05, 4.69) is 15.9 Å². The first-order valence-electron chi connectivity index (χ1n) is 9.58. The minimum atomic E-state index is -0.646. The molecule has 0 N–H and O–H groups in total. The number of esters is 1. The van der Waals surface area contributed by atoms with E-state index in [1.807, 2.05) is 0 Å². The Kier molecular flexibility index (Phi) is 8.69. The molecule has 3 rings (SSSR count). The number of carbonyl (C=O) groups excluding carboxylic acids is 3. The molecule has 2 amide bonds. The summed E-state index contributed by atoms with van der Waals surface area (Å²) in [6.07, 6.45) is 1.55. The number of methoxy groups -OCH3 is 1. The van der Waals surface area contributed by atoms with Crippen LogP contribution in [0.15, 0.2) is 39.7 Å². The summed E-state index contributed by atoms with van der Waals surface area (Å²) >= 11 is 16.2. The molecule has 1 heterocycles. The summed E-state index contributed by atoms with van der Waals surface area (Å²) in [7, 11) is 1.49. The maximum atomic E-state index is 12.6. The highest BCUT2D eigenvalue weighted by Crippen LogP contribution is 2.38. The van der Waals surface area contributed by atoms with E-state index in [-0.39, 0.29) is 18.1 Å². The molecule has 2 aromatic carbocycles. The van der Waals surface area contributed by atoms with Gasteiger partial charge < -0.3 is 14.2 Å². The fourth-order valence-electron chi connectivity index (χ4n) is 2.84. The number of thioether (sulfide) groups is 1. The largest absolute Gasteiger partial charge is 0.493 e. The number of ether oxygens (including phenoxy) is 3. The third-order valence-electron chi connectivity index (χ3n) is 4.41. The Morgan fingerprint density at radius 2 is 1.91 bits per heavy atom. The van der Waals surface area contributed by atoms with Crippen LogP contribution < -0.4 is 9.47 Å². The molecule has 1 aliphatic heterocycles. The standard InChI is InChI=1S/C22H18BrCl2NO6S/c1-3-31-20(27)10-26-21(28)19(33-22(26)29)8-13-7-17(30-2)18(9-14(13)23)32-11-12-4-5-15(24)16(25)6-12/h4-9H,3,10-11H2,1-2H3/b19-8-. The second kappa shape index (κ2) is 11.3. The van der Waals surface area contributed by atoms with Gasteiger partial charge in [-0.25, -0.2) is 0 Å². The van der Waals surface area contributed by atoms with Crippen molar-refractivity contribution in [3.63, 3.8) is 0 Å². The van der Waals surface area contributed by atoms with Crippen molar-refractivity contribution in [3.05, 3.63) is 60.9 Å². The molecular weight excluding hydrogens is 557 g/mol. The lowest BCUT2D eigenvalue weighted by atomic mass is 10.1. The van der Waals surface area contributed by atoms with E-state index in [1.165, 1.54) is 7.11 Å². The summed E-state index contributed by atoms with van der Waals surface area (Å²) in [6, 6.07) is 8.58. The Bertz CT molecular complexity index is 1140. The van der Waals surface area contributed by atoms with Crippen LogP contribution in [0.3, 0.4) is 0 Å². The van der Waals surface area contributed by atoms with Gasteiger partial charge in [0.15, 0.2) is 11.5 Å². The molecule has 1 aliphatic rings. The predicted octanol–water partition coefficient (Wildman–Crippen LogP) is 5.94. The zero-order chi connectivity index (χ0) is 24.1. The molecule has 11 heteroatoms. The van der Waals surface area contributed by atoms with Crippen LogP contribution in [-0.4, -0.2) is 42.3 Å². The Balaban J connectivity index is 1.79. The van der Waals surface area contributed by atoms with Crippen LogP contribution in [-0.2, 0) is 20.9 Å². The number of imide groups is 1. The SMILES string of the molecule is CCOC(=O)CN1C(=O)S/C(=C\c2cc(OC)c(OCc3ccc(Cl)c(Cl)c3)cc2Br)C1=O. The quantitative estimate of drug-likeness (QED) is 0.285. The smallest absolute Gasteiger partial charge is 0.326 e. The molecule has 0 aromatic heterocycles. The van der Waals surface area contributed by atoms with Crippen molar-refractivity contribution in [1.82, 2.24) is 4.90 Å². The predicted molar refractivity (Wildman–Crippen MR) is 131 cm³/mol. The van der Waals surface area contributed by atoms with E-state index >= 15 is 0 Å². The van der Waals surface area contributed by atoms with Crippen LogP contribution in [0.5, 0.6) is 11.5 Å². The van der Waals surface area contributed by atoms with Crippen LogP contribution in [0, 0.1) is 0 Å². The van der Waals surface area contributed by atoms with Crippen molar-refractivity contribution < 1.29 is 28.6 Å². The van der Waals surface area contributed by atoms with Gasteiger partial charge >= 0.3 is 5.97 Å². The second-order valence-electron chi connectivity index (χ2n) is 6.63. The number of halogens is 3. The molecule has 0 aliphatic carbocycles. The zero-order valence-corrected chi connectivity index (χ0v) is 21.4. The summed E-state index contributed by atoms with van der Waals surface area (Å²) in [5.41, 5.74) is 1.41. The van der Waals surface area contributed by atoms with Gasteiger partial charge in [-0.3, -0.25) is 19.3 Å². The van der Waals surface area contributed by atoms with Crippen LogP contribution in [0.2, 0.25) is 10.0 Å². The summed E-state index contributed by atoms with van der Waals surface area (Å²) in [5.74, 6) is -0.325. The van der Waals surface area contributed by atoms with Gasteiger partial charge in [-0.15, -0.1) is 0 Å². The number of carbonyl (C=O) groups is 3. The molecule has 0 bridgehead atoms. The first-order valence-corrected chi connectivity index (χ1v) is 11.9. The van der Waals surface area contributed by atoms with E-state index < -0.39 is 23.7 Å². The first-order chi connectivity index (χ1) is 15.7. The Morgan fingerprint density at radius 1 is 1.15 bits per heavy atom. The highest BCUT2D eigenvalue weighted by molar-refractivity contribution is 9.10. The van der Waals surface area contributed by atoms with E-state index in [0.717, 1.165) is 22.2 Å². The number of amides is 2. The lowest BCUT2D eigenvalue weighted by Crippen LogP contribution is -2.34. The molecular formula is C22H18BrCl2NO6S. The molecule has 0 spiro atoms. The molecule has 0 unspecified atom stereocenters. The van der Waals surface area contributed by atoms with Crippen LogP contribution >= 0.6 is 50.9 Å². The van der Waals surface area contributed by atoms with E-state index in [1.54, 1.807) is 43.3 Å². The Morgan fingerprint density at radius 3 is 2.58 bits per heavy atom. The third kappa shape index (κ3) is 6.23. The summed E-state index contributed by atoms with van der Waals surface area (Å²) < 4.78 is 16.7. The number of rotatable bonds is 8. The minimum Gasteiger partial charge on any atom is -0.493 e. The van der Waals surface area contributed by atoms with Gasteiger partial charge in [-0.1, -0.05) is 45.2 Å². The fraction of sp³-hybridized carbons (Fsp3) is 0.227. The van der Waals surface area contributed by atoms with Gasteiger partial charge in [-0.05, 0) is 60.2 Å². The average Bonchev–Trinajstić information content (AvgIpc) is 3.03. The van der Waals surface area contributed by atoms with E-state index in [9.17, 15) is 14.4 Å². The Labute approximate surface area is 213 Å². The van der Waals surface area contributed by atoms with E-state index in [4.69, 9.17) is 37.4 Å². The molecule has 0 atom stereocenters. The van der Waals surface area contributed by atoms with E-state index in [0.29, 0.717) is 31.6 Å². The normalized spacial score (nSPS) is 14.7. The molecule has 0 radical (unpaired) electrons. The number of hydrogen-bond acceptors (Lipinski definition) is 7. The van der Waals surface area contributed by atoms with Gasteiger partial charge in [0, 0.05) is 4.47 Å². The second-order valence-corrected chi connectivity index (χ2v) is 9.30. The molecule has 1 saturated heterocycles. The third-order valence-corrected chi connectivity index (χ3v) is 6.75. The number of nitrogens with zero attached hydrogens (tertiary/aromatic N) is 1. The lowest BCUT2D eigenvalue weighted by Gasteiger charge is -2.13.